The Labute approximate surface area is 183 Å². The van der Waals surface area contributed by atoms with E-state index in [4.69, 9.17) is 16.2 Å². The Morgan fingerprint density at radius 3 is 2.19 bits per heavy atom. The van der Waals surface area contributed by atoms with E-state index in [9.17, 15) is 13.2 Å². The predicted molar refractivity (Wildman–Crippen MR) is 119 cm³/mol. The molecule has 3 aromatic carbocycles. The van der Waals surface area contributed by atoms with Gasteiger partial charge in [-0.1, -0.05) is 41.9 Å². The molecule has 8 nitrogen and oxygen atoms in total. The zero-order chi connectivity index (χ0) is 22.0. The first-order valence-electron chi connectivity index (χ1n) is 8.98. The molecule has 1 heterocycles. The predicted octanol–water partition coefficient (Wildman–Crippen LogP) is 3.81. The molecule has 31 heavy (non-hydrogen) atoms. The fourth-order valence-corrected chi connectivity index (χ4v) is 3.47. The van der Waals surface area contributed by atoms with E-state index in [0.29, 0.717) is 27.7 Å². The highest BCUT2D eigenvalue weighted by Crippen LogP contribution is 2.23. The van der Waals surface area contributed by atoms with E-state index < -0.39 is 16.0 Å². The molecule has 0 fully saturated rings. The molecular formula is C21H15ClN4O4S. The standard InChI is InChI=1S/C21H15ClN4O4S/c22-15-8-6-14(7-9-15)19-20(21(27)26(25-19)17-4-2-1-3-5-17)24-23-16-10-12-18(13-11-16)31(28,29)30/h1-13,23H,(H,28,29,30)/b24-20-. The molecule has 0 spiro atoms. The van der Waals surface area contributed by atoms with E-state index in [1.807, 2.05) is 6.07 Å². The number of carbonyl (C=O) groups excluding carboxylic acids is 1. The number of rotatable bonds is 5. The van der Waals surface area contributed by atoms with Crippen molar-refractivity contribution in [2.24, 2.45) is 10.2 Å². The lowest BCUT2D eigenvalue weighted by Gasteiger charge is -2.10. The van der Waals surface area contributed by atoms with E-state index in [1.54, 1.807) is 48.5 Å². The monoisotopic (exact) mass is 454 g/mol. The molecule has 4 rings (SSSR count). The van der Waals surface area contributed by atoms with Crippen LogP contribution in [0.25, 0.3) is 0 Å². The summed E-state index contributed by atoms with van der Waals surface area (Å²) in [6.07, 6.45) is 0. The Morgan fingerprint density at radius 1 is 0.935 bits per heavy atom. The third kappa shape index (κ3) is 4.48. The van der Waals surface area contributed by atoms with Crippen LogP contribution in [0.4, 0.5) is 11.4 Å². The summed E-state index contributed by atoms with van der Waals surface area (Å²) < 4.78 is 31.4. The molecule has 3 aromatic rings. The van der Waals surface area contributed by atoms with Crippen molar-refractivity contribution in [3.63, 3.8) is 0 Å². The van der Waals surface area contributed by atoms with Gasteiger partial charge >= 0.3 is 5.91 Å². The van der Waals surface area contributed by atoms with Gasteiger partial charge in [0.25, 0.3) is 10.1 Å². The lowest BCUT2D eigenvalue weighted by Crippen LogP contribution is -2.28. The molecule has 10 heteroatoms. The molecule has 0 saturated carbocycles. The number of para-hydroxylation sites is 1. The summed E-state index contributed by atoms with van der Waals surface area (Å²) in [5.74, 6) is -0.432. The van der Waals surface area contributed by atoms with Crippen molar-refractivity contribution in [3.05, 3.63) is 89.4 Å². The minimum Gasteiger partial charge on any atom is -0.282 e. The molecule has 0 unspecified atom stereocenters. The Bertz CT molecular complexity index is 1290. The van der Waals surface area contributed by atoms with Gasteiger partial charge in [0.05, 0.1) is 16.3 Å². The van der Waals surface area contributed by atoms with Gasteiger partial charge in [0.1, 0.15) is 5.71 Å². The van der Waals surface area contributed by atoms with E-state index in [2.05, 4.69) is 15.6 Å². The lowest BCUT2D eigenvalue weighted by atomic mass is 10.1. The van der Waals surface area contributed by atoms with Gasteiger partial charge in [0.2, 0.25) is 0 Å². The second-order valence-corrected chi connectivity index (χ2v) is 8.34. The van der Waals surface area contributed by atoms with Gasteiger partial charge in [-0.25, -0.2) is 0 Å². The second-order valence-electron chi connectivity index (χ2n) is 6.48. The number of hydrazone groups is 2. The highest BCUT2D eigenvalue weighted by Gasteiger charge is 2.34. The summed E-state index contributed by atoms with van der Waals surface area (Å²) in [5.41, 5.74) is 4.82. The van der Waals surface area contributed by atoms with Crippen molar-refractivity contribution >= 4 is 50.4 Å². The van der Waals surface area contributed by atoms with Crippen molar-refractivity contribution in [2.75, 3.05) is 10.4 Å². The van der Waals surface area contributed by atoms with Gasteiger partial charge in [-0.3, -0.25) is 14.8 Å². The zero-order valence-corrected chi connectivity index (χ0v) is 17.4. The Kier molecular flexibility index (Phi) is 5.55. The number of nitrogens with zero attached hydrogens (tertiary/aromatic N) is 3. The molecule has 0 atom stereocenters. The summed E-state index contributed by atoms with van der Waals surface area (Å²) >= 11 is 5.97. The Morgan fingerprint density at radius 2 is 1.58 bits per heavy atom. The Balaban J connectivity index is 1.69. The number of nitrogens with one attached hydrogen (secondary N) is 1. The minimum absolute atomic E-state index is 0.0741. The maximum atomic E-state index is 13.1. The molecule has 1 aliphatic heterocycles. The lowest BCUT2D eigenvalue weighted by molar-refractivity contribution is -0.112. The molecule has 0 aromatic heterocycles. The molecule has 0 radical (unpaired) electrons. The van der Waals surface area contributed by atoms with E-state index in [1.165, 1.54) is 29.3 Å². The van der Waals surface area contributed by atoms with Gasteiger partial charge in [-0.15, -0.1) is 0 Å². The maximum Gasteiger partial charge on any atom is 0.301 e. The molecular weight excluding hydrogens is 440 g/mol. The normalized spacial score (nSPS) is 15.3. The Hall–Kier alpha value is -3.53. The van der Waals surface area contributed by atoms with Crippen molar-refractivity contribution in [2.45, 2.75) is 4.90 Å². The van der Waals surface area contributed by atoms with Crippen LogP contribution in [0, 0.1) is 0 Å². The van der Waals surface area contributed by atoms with Crippen molar-refractivity contribution in [1.29, 1.82) is 0 Å². The van der Waals surface area contributed by atoms with Crippen LogP contribution in [0.3, 0.4) is 0 Å². The van der Waals surface area contributed by atoms with Gasteiger partial charge in [0.15, 0.2) is 5.71 Å². The van der Waals surface area contributed by atoms with Crippen LogP contribution in [0.1, 0.15) is 5.56 Å². The summed E-state index contributed by atoms with van der Waals surface area (Å²) in [6, 6.07) is 21.1. The zero-order valence-electron chi connectivity index (χ0n) is 15.8. The largest absolute Gasteiger partial charge is 0.301 e. The van der Waals surface area contributed by atoms with Crippen LogP contribution in [-0.4, -0.2) is 30.3 Å². The molecule has 0 bridgehead atoms. The SMILES string of the molecule is O=C1/C(=N\Nc2ccc(S(=O)(=O)O)cc2)C(c2ccc(Cl)cc2)=NN1c1ccccc1. The van der Waals surface area contributed by atoms with Gasteiger partial charge < -0.3 is 0 Å². The van der Waals surface area contributed by atoms with E-state index in [0.717, 1.165) is 0 Å². The quantitative estimate of drug-likeness (QED) is 0.450. The van der Waals surface area contributed by atoms with Crippen LogP contribution >= 0.6 is 11.6 Å². The summed E-state index contributed by atoms with van der Waals surface area (Å²) in [6.45, 7) is 0. The number of halogens is 1. The molecule has 1 amide bonds. The fourth-order valence-electron chi connectivity index (χ4n) is 2.86. The molecule has 2 N–H and O–H groups in total. The summed E-state index contributed by atoms with van der Waals surface area (Å²) in [5, 5.41) is 10.5. The second kappa shape index (κ2) is 8.31. The highest BCUT2D eigenvalue weighted by atomic mass is 35.5. The highest BCUT2D eigenvalue weighted by molar-refractivity contribution is 7.85. The average molecular weight is 455 g/mol. The molecule has 0 saturated heterocycles. The first kappa shape index (κ1) is 20.7. The topological polar surface area (TPSA) is 111 Å². The number of hydrogen-bond acceptors (Lipinski definition) is 6. The van der Waals surface area contributed by atoms with Crippen molar-refractivity contribution < 1.29 is 17.8 Å². The van der Waals surface area contributed by atoms with Crippen LogP contribution in [0.5, 0.6) is 0 Å². The van der Waals surface area contributed by atoms with Crippen LogP contribution in [0.2, 0.25) is 5.02 Å². The first-order valence-corrected chi connectivity index (χ1v) is 10.8. The van der Waals surface area contributed by atoms with Gasteiger partial charge in [-0.2, -0.15) is 23.6 Å². The summed E-state index contributed by atoms with van der Waals surface area (Å²) in [4.78, 5) is 12.8. The maximum absolute atomic E-state index is 13.1. The fraction of sp³-hybridized carbons (Fsp3) is 0. The first-order chi connectivity index (χ1) is 14.8. The third-order valence-corrected chi connectivity index (χ3v) is 5.51. The smallest absolute Gasteiger partial charge is 0.282 e. The third-order valence-electron chi connectivity index (χ3n) is 4.39. The van der Waals surface area contributed by atoms with Crippen LogP contribution < -0.4 is 10.4 Å². The average Bonchev–Trinajstić information content (AvgIpc) is 3.09. The van der Waals surface area contributed by atoms with Gasteiger partial charge in [0, 0.05) is 10.6 Å². The number of hydrogen-bond donors (Lipinski definition) is 2. The number of carbonyl (C=O) groups is 1. The molecule has 156 valence electrons. The summed E-state index contributed by atoms with van der Waals surface area (Å²) in [7, 11) is -4.30. The van der Waals surface area contributed by atoms with Crippen molar-refractivity contribution in [1.82, 2.24) is 0 Å². The minimum atomic E-state index is -4.30. The van der Waals surface area contributed by atoms with Crippen molar-refractivity contribution in [3.8, 4) is 0 Å². The van der Waals surface area contributed by atoms with E-state index >= 15 is 0 Å². The number of anilines is 2. The molecule has 0 aliphatic carbocycles. The number of benzene rings is 3. The molecule has 1 aliphatic rings. The number of amides is 1. The van der Waals surface area contributed by atoms with E-state index in [-0.39, 0.29) is 10.6 Å². The van der Waals surface area contributed by atoms with Crippen LogP contribution in [0.15, 0.2) is 94.0 Å². The van der Waals surface area contributed by atoms with Gasteiger partial charge in [-0.05, 0) is 48.5 Å². The van der Waals surface area contributed by atoms with Crippen LogP contribution in [-0.2, 0) is 14.9 Å².